The van der Waals surface area contributed by atoms with Crippen LogP contribution < -0.4 is 9.64 Å². The highest BCUT2D eigenvalue weighted by molar-refractivity contribution is 7.89. The topological polar surface area (TPSA) is 84.0 Å². The van der Waals surface area contributed by atoms with E-state index in [9.17, 15) is 18.0 Å². The van der Waals surface area contributed by atoms with Crippen molar-refractivity contribution in [2.45, 2.75) is 11.8 Å². The minimum Gasteiger partial charge on any atom is -0.423 e. The van der Waals surface area contributed by atoms with E-state index in [0.717, 1.165) is 9.87 Å². The third-order valence-electron chi connectivity index (χ3n) is 4.91. The zero-order valence-corrected chi connectivity index (χ0v) is 19.1. The second kappa shape index (κ2) is 9.33. The normalized spacial score (nSPS) is 11.3. The minimum atomic E-state index is -3.57. The van der Waals surface area contributed by atoms with Gasteiger partial charge < -0.3 is 9.64 Å². The average Bonchev–Trinajstić information content (AvgIpc) is 2.79. The molecule has 0 aliphatic heterocycles. The molecule has 1 amide bonds. The first-order valence-corrected chi connectivity index (χ1v) is 11.2. The summed E-state index contributed by atoms with van der Waals surface area (Å²) in [5.74, 6) is -0.460. The van der Waals surface area contributed by atoms with Crippen molar-refractivity contribution in [1.82, 2.24) is 4.31 Å². The number of anilines is 1. The lowest BCUT2D eigenvalue weighted by atomic mass is 10.1. The molecule has 7 nitrogen and oxygen atoms in total. The zero-order chi connectivity index (χ0) is 23.5. The highest BCUT2D eigenvalue weighted by Gasteiger charge is 2.18. The van der Waals surface area contributed by atoms with Crippen LogP contribution in [0.2, 0.25) is 0 Å². The quantitative estimate of drug-likeness (QED) is 0.420. The lowest BCUT2D eigenvalue weighted by Crippen LogP contribution is -2.26. The second-order valence-corrected chi connectivity index (χ2v) is 9.58. The summed E-state index contributed by atoms with van der Waals surface area (Å²) in [5, 5.41) is 0. The van der Waals surface area contributed by atoms with Crippen molar-refractivity contribution < 1.29 is 22.7 Å². The summed E-state index contributed by atoms with van der Waals surface area (Å²) in [6, 6.07) is 19.4. The van der Waals surface area contributed by atoms with Crippen molar-refractivity contribution in [2.75, 3.05) is 26.0 Å². The third-order valence-corrected chi connectivity index (χ3v) is 6.74. The Hall–Kier alpha value is -3.49. The highest BCUT2D eigenvalue weighted by Crippen LogP contribution is 2.22. The molecular formula is C24H24N2O5S. The minimum absolute atomic E-state index is 0.0877. The Morgan fingerprint density at radius 1 is 0.750 bits per heavy atom. The molecular weight excluding hydrogens is 428 g/mol. The molecule has 0 fully saturated rings. The Balaban J connectivity index is 1.68. The molecule has 3 rings (SSSR count). The molecule has 166 valence electrons. The molecule has 0 aliphatic carbocycles. The first kappa shape index (κ1) is 23.2. The molecule has 0 aliphatic rings. The molecule has 0 saturated carbocycles. The number of hydrogen-bond acceptors (Lipinski definition) is 5. The molecule has 3 aromatic carbocycles. The van der Waals surface area contributed by atoms with Gasteiger partial charge in [0.05, 0.1) is 10.5 Å². The van der Waals surface area contributed by atoms with Crippen LogP contribution in [0.3, 0.4) is 0 Å². The lowest BCUT2D eigenvalue weighted by Gasteiger charge is -2.18. The van der Waals surface area contributed by atoms with Gasteiger partial charge in [0.1, 0.15) is 5.75 Å². The SMILES string of the molecule is Cc1ccc(C(=O)N(C)c2ccc(OC(=O)c3ccc(S(=O)(=O)N(C)C)cc3)cc2)cc1. The van der Waals surface area contributed by atoms with Gasteiger partial charge in [-0.05, 0) is 67.6 Å². The van der Waals surface area contributed by atoms with E-state index in [1.807, 2.05) is 19.1 Å². The number of carbonyl (C=O) groups excluding carboxylic acids is 2. The number of amides is 1. The molecule has 0 bridgehead atoms. The molecule has 0 unspecified atom stereocenters. The predicted octanol–water partition coefficient (Wildman–Crippen LogP) is 3.74. The van der Waals surface area contributed by atoms with Gasteiger partial charge in [-0.3, -0.25) is 4.79 Å². The van der Waals surface area contributed by atoms with E-state index < -0.39 is 16.0 Å². The van der Waals surface area contributed by atoms with Gasteiger partial charge >= 0.3 is 5.97 Å². The van der Waals surface area contributed by atoms with Crippen molar-refractivity contribution in [1.29, 1.82) is 0 Å². The summed E-state index contributed by atoms with van der Waals surface area (Å²) in [4.78, 5) is 26.6. The Morgan fingerprint density at radius 2 is 1.28 bits per heavy atom. The summed E-state index contributed by atoms with van der Waals surface area (Å²) in [5.41, 5.74) is 2.52. The molecule has 0 N–H and O–H groups in total. The van der Waals surface area contributed by atoms with E-state index >= 15 is 0 Å². The lowest BCUT2D eigenvalue weighted by molar-refractivity contribution is 0.0734. The Labute approximate surface area is 187 Å². The van der Waals surface area contributed by atoms with E-state index in [1.54, 1.807) is 43.4 Å². The van der Waals surface area contributed by atoms with Crippen LogP contribution in [0.25, 0.3) is 0 Å². The zero-order valence-electron chi connectivity index (χ0n) is 18.3. The fraction of sp³-hybridized carbons (Fsp3) is 0.167. The van der Waals surface area contributed by atoms with Crippen LogP contribution in [0.1, 0.15) is 26.3 Å². The van der Waals surface area contributed by atoms with Gasteiger partial charge in [0.2, 0.25) is 10.0 Å². The summed E-state index contributed by atoms with van der Waals surface area (Å²) >= 11 is 0. The molecule has 0 spiro atoms. The van der Waals surface area contributed by atoms with Crippen molar-refractivity contribution in [3.05, 3.63) is 89.5 Å². The Morgan fingerprint density at radius 3 is 1.81 bits per heavy atom. The number of hydrogen-bond donors (Lipinski definition) is 0. The molecule has 8 heteroatoms. The summed E-state index contributed by atoms with van der Waals surface area (Å²) in [6.07, 6.45) is 0. The maximum Gasteiger partial charge on any atom is 0.343 e. The summed E-state index contributed by atoms with van der Waals surface area (Å²) < 4.78 is 30.7. The van der Waals surface area contributed by atoms with E-state index in [2.05, 4.69) is 0 Å². The van der Waals surface area contributed by atoms with Crippen LogP contribution in [0.15, 0.2) is 77.7 Å². The summed E-state index contributed by atoms with van der Waals surface area (Å²) in [6.45, 7) is 1.96. The van der Waals surface area contributed by atoms with E-state index in [0.29, 0.717) is 17.0 Å². The maximum atomic E-state index is 12.6. The van der Waals surface area contributed by atoms with E-state index in [1.165, 1.54) is 43.3 Å². The molecule has 0 heterocycles. The van der Waals surface area contributed by atoms with Crippen LogP contribution in [0.5, 0.6) is 5.75 Å². The molecule has 0 saturated heterocycles. The fourth-order valence-corrected chi connectivity index (χ4v) is 3.79. The number of carbonyl (C=O) groups is 2. The van der Waals surface area contributed by atoms with Crippen LogP contribution in [0, 0.1) is 6.92 Å². The van der Waals surface area contributed by atoms with Gasteiger partial charge in [-0.2, -0.15) is 0 Å². The monoisotopic (exact) mass is 452 g/mol. The predicted molar refractivity (Wildman–Crippen MR) is 123 cm³/mol. The second-order valence-electron chi connectivity index (χ2n) is 7.43. The largest absolute Gasteiger partial charge is 0.423 e. The number of esters is 1. The molecule has 0 atom stereocenters. The average molecular weight is 453 g/mol. The van der Waals surface area contributed by atoms with Gasteiger partial charge in [-0.25, -0.2) is 17.5 Å². The Kier molecular flexibility index (Phi) is 6.76. The third kappa shape index (κ3) is 5.04. The van der Waals surface area contributed by atoms with Crippen LogP contribution in [-0.2, 0) is 10.0 Å². The van der Waals surface area contributed by atoms with Gasteiger partial charge in [-0.15, -0.1) is 0 Å². The first-order chi connectivity index (χ1) is 15.1. The molecule has 3 aromatic rings. The number of rotatable bonds is 6. The number of nitrogens with zero attached hydrogens (tertiary/aromatic N) is 2. The standard InChI is InChI=1S/C24H24N2O5S/c1-17-5-7-18(8-6-17)23(27)26(4)20-11-13-21(14-12-20)31-24(28)19-9-15-22(16-10-19)32(29,30)25(2)3/h5-16H,1-4H3. The number of aryl methyl sites for hydroxylation is 1. The molecule has 32 heavy (non-hydrogen) atoms. The van der Waals surface area contributed by atoms with Crippen molar-refractivity contribution in [2.24, 2.45) is 0 Å². The fourth-order valence-electron chi connectivity index (χ4n) is 2.88. The van der Waals surface area contributed by atoms with Gasteiger partial charge in [-0.1, -0.05) is 17.7 Å². The number of sulfonamides is 1. The molecule has 0 radical (unpaired) electrons. The van der Waals surface area contributed by atoms with E-state index in [-0.39, 0.29) is 16.4 Å². The van der Waals surface area contributed by atoms with Gasteiger partial charge in [0.25, 0.3) is 5.91 Å². The number of benzene rings is 3. The van der Waals surface area contributed by atoms with Crippen molar-refractivity contribution in [3.8, 4) is 5.75 Å². The summed E-state index contributed by atoms with van der Waals surface area (Å²) in [7, 11) is 0.977. The van der Waals surface area contributed by atoms with Crippen LogP contribution >= 0.6 is 0 Å². The van der Waals surface area contributed by atoms with Gasteiger partial charge in [0.15, 0.2) is 0 Å². The maximum absolute atomic E-state index is 12.6. The smallest absolute Gasteiger partial charge is 0.343 e. The highest BCUT2D eigenvalue weighted by atomic mass is 32.2. The first-order valence-electron chi connectivity index (χ1n) is 9.79. The van der Waals surface area contributed by atoms with Crippen LogP contribution in [0.4, 0.5) is 5.69 Å². The van der Waals surface area contributed by atoms with Crippen molar-refractivity contribution in [3.63, 3.8) is 0 Å². The van der Waals surface area contributed by atoms with Crippen molar-refractivity contribution >= 4 is 27.6 Å². The van der Waals surface area contributed by atoms with E-state index in [4.69, 9.17) is 4.74 Å². The van der Waals surface area contributed by atoms with Gasteiger partial charge in [0, 0.05) is 32.4 Å². The number of ether oxygens (including phenoxy) is 1. The molecule has 0 aromatic heterocycles. The van der Waals surface area contributed by atoms with Crippen LogP contribution in [-0.4, -0.2) is 45.7 Å². The Bertz CT molecular complexity index is 1220.